The van der Waals surface area contributed by atoms with E-state index in [9.17, 15) is 0 Å². The molecule has 0 aromatic carbocycles. The number of hydrogen-bond acceptors (Lipinski definition) is 5. The maximum absolute atomic E-state index is 5.78. The molecule has 0 aliphatic heterocycles. The number of nitrogens with zero attached hydrogens (tertiary/aromatic N) is 1. The highest BCUT2D eigenvalue weighted by Crippen LogP contribution is 2.12. The van der Waals surface area contributed by atoms with E-state index in [1.165, 1.54) is 0 Å². The highest BCUT2D eigenvalue weighted by Gasteiger charge is 2.13. The summed E-state index contributed by atoms with van der Waals surface area (Å²) in [5.74, 6) is 6.07. The predicted octanol–water partition coefficient (Wildman–Crippen LogP) is 0.463. The molecular formula is C11H20N4O. The van der Waals surface area contributed by atoms with Crippen LogP contribution in [0.15, 0.2) is 18.3 Å². The van der Waals surface area contributed by atoms with E-state index in [-0.39, 0.29) is 12.1 Å². The van der Waals surface area contributed by atoms with Crippen LogP contribution in [-0.2, 0) is 11.2 Å². The molecule has 0 aliphatic rings. The summed E-state index contributed by atoms with van der Waals surface area (Å²) < 4.78 is 5.21. The first-order valence-electron chi connectivity index (χ1n) is 5.35. The second kappa shape index (κ2) is 6.42. The van der Waals surface area contributed by atoms with E-state index in [0.29, 0.717) is 5.82 Å². The van der Waals surface area contributed by atoms with E-state index in [0.717, 1.165) is 18.4 Å². The van der Waals surface area contributed by atoms with Gasteiger partial charge in [-0.15, -0.1) is 0 Å². The van der Waals surface area contributed by atoms with Crippen LogP contribution in [0.5, 0.6) is 0 Å². The molecule has 0 fully saturated rings. The Morgan fingerprint density at radius 1 is 1.56 bits per heavy atom. The summed E-state index contributed by atoms with van der Waals surface area (Å²) in [4.78, 5) is 4.04. The van der Waals surface area contributed by atoms with Gasteiger partial charge in [0.05, 0.1) is 6.10 Å². The van der Waals surface area contributed by atoms with Gasteiger partial charge in [0.15, 0.2) is 0 Å². The molecule has 1 aromatic rings. The van der Waals surface area contributed by atoms with Gasteiger partial charge < -0.3 is 10.5 Å². The molecule has 5 N–H and O–H groups in total. The molecule has 90 valence electrons. The van der Waals surface area contributed by atoms with Gasteiger partial charge in [-0.25, -0.2) is 4.98 Å². The van der Waals surface area contributed by atoms with Crippen molar-refractivity contribution in [2.75, 3.05) is 12.8 Å². The van der Waals surface area contributed by atoms with Crippen molar-refractivity contribution in [3.05, 3.63) is 23.9 Å². The Morgan fingerprint density at radius 3 is 2.88 bits per heavy atom. The molecule has 2 atom stereocenters. The lowest BCUT2D eigenvalue weighted by molar-refractivity contribution is 0.100. The lowest BCUT2D eigenvalue weighted by atomic mass is 10.0. The van der Waals surface area contributed by atoms with Gasteiger partial charge in [-0.2, -0.15) is 0 Å². The fourth-order valence-corrected chi connectivity index (χ4v) is 1.60. The maximum atomic E-state index is 5.78. The molecule has 1 heterocycles. The van der Waals surface area contributed by atoms with E-state index in [2.05, 4.69) is 10.4 Å². The van der Waals surface area contributed by atoms with Crippen LogP contribution in [0.25, 0.3) is 0 Å². The molecule has 0 radical (unpaired) electrons. The maximum Gasteiger partial charge on any atom is 0.126 e. The molecule has 0 saturated heterocycles. The van der Waals surface area contributed by atoms with Crippen LogP contribution in [0.1, 0.15) is 18.9 Å². The average Bonchev–Trinajstić information content (AvgIpc) is 2.30. The molecule has 1 aromatic heterocycles. The number of methoxy groups -OCH3 is 1. The zero-order valence-corrected chi connectivity index (χ0v) is 9.81. The normalized spacial score (nSPS) is 14.7. The monoisotopic (exact) mass is 224 g/mol. The molecule has 0 amide bonds. The molecule has 0 spiro atoms. The Labute approximate surface area is 96.2 Å². The van der Waals surface area contributed by atoms with Gasteiger partial charge in [-0.3, -0.25) is 11.3 Å². The lowest BCUT2D eigenvalue weighted by Gasteiger charge is -2.19. The van der Waals surface area contributed by atoms with Crippen molar-refractivity contribution in [2.24, 2.45) is 5.84 Å². The summed E-state index contributed by atoms with van der Waals surface area (Å²) in [6, 6.07) is 3.98. The highest BCUT2D eigenvalue weighted by molar-refractivity contribution is 5.38. The Balaban J connectivity index is 2.60. The van der Waals surface area contributed by atoms with Crippen molar-refractivity contribution in [1.29, 1.82) is 0 Å². The van der Waals surface area contributed by atoms with Crippen molar-refractivity contribution in [3.8, 4) is 0 Å². The molecule has 0 aliphatic carbocycles. The van der Waals surface area contributed by atoms with Crippen LogP contribution in [0.3, 0.4) is 0 Å². The number of nitrogens with one attached hydrogen (secondary N) is 1. The average molecular weight is 224 g/mol. The molecule has 2 unspecified atom stereocenters. The summed E-state index contributed by atoms with van der Waals surface area (Å²) in [5, 5.41) is 0. The summed E-state index contributed by atoms with van der Waals surface area (Å²) >= 11 is 0. The Morgan fingerprint density at radius 2 is 2.31 bits per heavy atom. The van der Waals surface area contributed by atoms with Gasteiger partial charge >= 0.3 is 0 Å². The van der Waals surface area contributed by atoms with Gasteiger partial charge in [0.2, 0.25) is 0 Å². The Bertz CT molecular complexity index is 319. The largest absolute Gasteiger partial charge is 0.383 e. The molecule has 5 heteroatoms. The molecular weight excluding hydrogens is 204 g/mol. The van der Waals surface area contributed by atoms with Crippen LogP contribution < -0.4 is 17.0 Å². The summed E-state index contributed by atoms with van der Waals surface area (Å²) in [7, 11) is 1.69. The van der Waals surface area contributed by atoms with Gasteiger partial charge in [0, 0.05) is 19.3 Å². The topological polar surface area (TPSA) is 86.2 Å². The summed E-state index contributed by atoms with van der Waals surface area (Å²) in [6.07, 6.45) is 3.44. The molecule has 0 saturated carbocycles. The van der Waals surface area contributed by atoms with Crippen molar-refractivity contribution < 1.29 is 4.74 Å². The zero-order valence-electron chi connectivity index (χ0n) is 9.81. The van der Waals surface area contributed by atoms with Crippen molar-refractivity contribution in [3.63, 3.8) is 0 Å². The number of pyridine rings is 1. The first kappa shape index (κ1) is 12.9. The molecule has 0 bridgehead atoms. The minimum absolute atomic E-state index is 0.140. The second-order valence-corrected chi connectivity index (χ2v) is 3.90. The standard InChI is InChI=1S/C11H20N4O/c1-8(16-2)6-10(15-13)7-9-4-3-5-14-11(9)12/h3-5,8,10,15H,6-7,13H2,1-2H3,(H2,12,14). The Hall–Kier alpha value is -1.17. The van der Waals surface area contributed by atoms with E-state index in [1.54, 1.807) is 13.3 Å². The number of hydrogen-bond donors (Lipinski definition) is 3. The van der Waals surface area contributed by atoms with E-state index in [4.69, 9.17) is 16.3 Å². The van der Waals surface area contributed by atoms with E-state index in [1.807, 2.05) is 19.1 Å². The zero-order chi connectivity index (χ0) is 12.0. The number of nitrogens with two attached hydrogens (primary N) is 2. The number of anilines is 1. The van der Waals surface area contributed by atoms with Crippen LogP contribution in [0, 0.1) is 0 Å². The van der Waals surface area contributed by atoms with Crippen molar-refractivity contribution in [2.45, 2.75) is 31.9 Å². The number of rotatable bonds is 6. The van der Waals surface area contributed by atoms with Gasteiger partial charge in [-0.1, -0.05) is 6.07 Å². The third-order valence-electron chi connectivity index (χ3n) is 2.65. The first-order chi connectivity index (χ1) is 7.67. The van der Waals surface area contributed by atoms with Gasteiger partial charge in [-0.05, 0) is 31.4 Å². The van der Waals surface area contributed by atoms with Crippen LogP contribution in [-0.4, -0.2) is 24.2 Å². The van der Waals surface area contributed by atoms with Crippen LogP contribution >= 0.6 is 0 Å². The molecule has 16 heavy (non-hydrogen) atoms. The van der Waals surface area contributed by atoms with E-state index >= 15 is 0 Å². The molecule has 5 nitrogen and oxygen atoms in total. The van der Waals surface area contributed by atoms with Crippen LogP contribution in [0.2, 0.25) is 0 Å². The fourth-order valence-electron chi connectivity index (χ4n) is 1.60. The lowest BCUT2D eigenvalue weighted by Crippen LogP contribution is -2.39. The number of hydrazine groups is 1. The van der Waals surface area contributed by atoms with E-state index < -0.39 is 0 Å². The summed E-state index contributed by atoms with van der Waals surface area (Å²) in [5.41, 5.74) is 9.56. The first-order valence-corrected chi connectivity index (χ1v) is 5.35. The predicted molar refractivity (Wildman–Crippen MR) is 64.6 cm³/mol. The fraction of sp³-hybridized carbons (Fsp3) is 0.545. The SMILES string of the molecule is COC(C)CC(Cc1cccnc1N)NN. The quantitative estimate of drug-likeness (QED) is 0.483. The van der Waals surface area contributed by atoms with Crippen LogP contribution in [0.4, 0.5) is 5.82 Å². The highest BCUT2D eigenvalue weighted by atomic mass is 16.5. The van der Waals surface area contributed by atoms with Gasteiger partial charge in [0.1, 0.15) is 5.82 Å². The second-order valence-electron chi connectivity index (χ2n) is 3.90. The minimum Gasteiger partial charge on any atom is -0.383 e. The number of aromatic nitrogens is 1. The summed E-state index contributed by atoms with van der Waals surface area (Å²) in [6.45, 7) is 2.01. The number of ether oxygens (including phenoxy) is 1. The van der Waals surface area contributed by atoms with Crippen molar-refractivity contribution >= 4 is 5.82 Å². The molecule has 1 rings (SSSR count). The van der Waals surface area contributed by atoms with Gasteiger partial charge in [0.25, 0.3) is 0 Å². The third-order valence-corrected chi connectivity index (χ3v) is 2.65. The minimum atomic E-state index is 0.140. The third kappa shape index (κ3) is 3.77. The smallest absolute Gasteiger partial charge is 0.126 e. The number of nitrogen functional groups attached to an aromatic ring is 1. The van der Waals surface area contributed by atoms with Crippen molar-refractivity contribution in [1.82, 2.24) is 10.4 Å². The Kier molecular flexibility index (Phi) is 5.18.